The topological polar surface area (TPSA) is 32.3 Å². The number of nitrogens with one attached hydrogen (secondary N) is 1. The van der Waals surface area contributed by atoms with Gasteiger partial charge in [-0.05, 0) is 31.4 Å². The van der Waals surface area contributed by atoms with Crippen molar-refractivity contribution < 1.29 is 13.9 Å². The molecule has 16 heavy (non-hydrogen) atoms. The Morgan fingerprint density at radius 3 is 2.31 bits per heavy atom. The van der Waals surface area contributed by atoms with Gasteiger partial charge in [-0.3, -0.25) is 0 Å². The zero-order chi connectivity index (χ0) is 11.6. The van der Waals surface area contributed by atoms with Crippen LogP contribution in [0.1, 0.15) is 24.8 Å². The number of benzene rings is 1. The number of rotatable bonds is 4. The molecular formula is C12H15F2NO. The quantitative estimate of drug-likeness (QED) is 0.824. The Morgan fingerprint density at radius 1 is 1.25 bits per heavy atom. The smallest absolute Gasteiger partial charge is 0.130 e. The van der Waals surface area contributed by atoms with Crippen molar-refractivity contribution in [3.8, 4) is 0 Å². The molecule has 0 radical (unpaired) electrons. The number of halogens is 2. The Balaban J connectivity index is 2.04. The van der Waals surface area contributed by atoms with Gasteiger partial charge in [0.05, 0.1) is 6.61 Å². The van der Waals surface area contributed by atoms with E-state index < -0.39 is 11.6 Å². The molecular weight excluding hydrogens is 212 g/mol. The summed E-state index contributed by atoms with van der Waals surface area (Å²) >= 11 is 0. The minimum Gasteiger partial charge on any atom is -0.394 e. The van der Waals surface area contributed by atoms with Crippen molar-refractivity contribution in [3.63, 3.8) is 0 Å². The fourth-order valence-electron chi connectivity index (χ4n) is 1.97. The van der Waals surface area contributed by atoms with Crippen molar-refractivity contribution in [2.45, 2.75) is 31.3 Å². The van der Waals surface area contributed by atoms with Crippen molar-refractivity contribution in [3.05, 3.63) is 35.4 Å². The maximum atomic E-state index is 13.3. The lowest BCUT2D eigenvalue weighted by molar-refractivity contribution is 0.0865. The van der Waals surface area contributed by atoms with Crippen LogP contribution in [0.4, 0.5) is 8.78 Å². The van der Waals surface area contributed by atoms with Crippen LogP contribution in [0.3, 0.4) is 0 Å². The summed E-state index contributed by atoms with van der Waals surface area (Å²) in [5, 5.41) is 12.3. The Labute approximate surface area is 93.3 Å². The minimum absolute atomic E-state index is 0.0169. The highest BCUT2D eigenvalue weighted by Crippen LogP contribution is 2.31. The van der Waals surface area contributed by atoms with Gasteiger partial charge >= 0.3 is 0 Å². The normalized spacial score (nSPS) is 18.2. The van der Waals surface area contributed by atoms with E-state index in [0.29, 0.717) is 0 Å². The van der Waals surface area contributed by atoms with Crippen molar-refractivity contribution in [2.24, 2.45) is 0 Å². The molecule has 0 bridgehead atoms. The van der Waals surface area contributed by atoms with Gasteiger partial charge in [-0.2, -0.15) is 0 Å². The van der Waals surface area contributed by atoms with E-state index in [4.69, 9.17) is 0 Å². The first-order valence-electron chi connectivity index (χ1n) is 5.46. The van der Waals surface area contributed by atoms with Crippen LogP contribution in [0.15, 0.2) is 18.2 Å². The molecule has 4 heteroatoms. The summed E-state index contributed by atoms with van der Waals surface area (Å²) in [6.07, 6.45) is 2.77. The van der Waals surface area contributed by atoms with Gasteiger partial charge in [-0.15, -0.1) is 0 Å². The largest absolute Gasteiger partial charge is 0.394 e. The van der Waals surface area contributed by atoms with Gasteiger partial charge in [0.2, 0.25) is 0 Å². The Hall–Kier alpha value is -1.00. The molecule has 0 saturated heterocycles. The summed E-state index contributed by atoms with van der Waals surface area (Å²) in [6.45, 7) is 0.141. The van der Waals surface area contributed by atoms with Crippen molar-refractivity contribution in [1.82, 2.24) is 5.32 Å². The van der Waals surface area contributed by atoms with Crippen LogP contribution in [-0.4, -0.2) is 17.3 Å². The molecule has 0 heterocycles. The number of hydrogen-bond donors (Lipinski definition) is 2. The molecule has 0 unspecified atom stereocenters. The van der Waals surface area contributed by atoms with Gasteiger partial charge < -0.3 is 10.4 Å². The maximum absolute atomic E-state index is 13.3. The minimum atomic E-state index is -0.542. The van der Waals surface area contributed by atoms with E-state index >= 15 is 0 Å². The third kappa shape index (κ3) is 2.08. The summed E-state index contributed by atoms with van der Waals surface area (Å²) in [4.78, 5) is 0. The van der Waals surface area contributed by atoms with Crippen molar-refractivity contribution in [1.29, 1.82) is 0 Å². The van der Waals surface area contributed by atoms with E-state index in [1.807, 2.05) is 0 Å². The lowest BCUT2D eigenvalue weighted by Crippen LogP contribution is -2.53. The standard InChI is InChI=1S/C12H15F2NO/c13-10-3-1-4-11(14)9(10)7-15-12(8-16)5-2-6-12/h1,3-4,15-16H,2,5-8H2. The number of aliphatic hydroxyl groups is 1. The van der Waals surface area contributed by atoms with E-state index in [9.17, 15) is 13.9 Å². The lowest BCUT2D eigenvalue weighted by Gasteiger charge is -2.41. The Bertz CT molecular complexity index is 352. The van der Waals surface area contributed by atoms with Gasteiger partial charge in [-0.1, -0.05) is 6.07 Å². The third-order valence-electron chi connectivity index (χ3n) is 3.32. The van der Waals surface area contributed by atoms with Crippen LogP contribution >= 0.6 is 0 Å². The molecule has 1 fully saturated rings. The SMILES string of the molecule is OCC1(NCc2c(F)cccc2F)CCC1. The first-order valence-corrected chi connectivity index (χ1v) is 5.46. The highest BCUT2D eigenvalue weighted by atomic mass is 19.1. The molecule has 0 aromatic heterocycles. The zero-order valence-electron chi connectivity index (χ0n) is 8.97. The second kappa shape index (κ2) is 4.47. The van der Waals surface area contributed by atoms with Crippen molar-refractivity contribution >= 4 is 0 Å². The Kier molecular flexibility index (Phi) is 3.21. The number of hydrogen-bond acceptors (Lipinski definition) is 2. The average molecular weight is 227 g/mol. The first-order chi connectivity index (χ1) is 7.67. The van der Waals surface area contributed by atoms with Crippen LogP contribution < -0.4 is 5.32 Å². The molecule has 1 aromatic rings. The van der Waals surface area contributed by atoms with Crippen molar-refractivity contribution in [2.75, 3.05) is 6.61 Å². The zero-order valence-corrected chi connectivity index (χ0v) is 8.97. The first kappa shape index (κ1) is 11.5. The van der Waals surface area contributed by atoms with Crippen LogP contribution in [0.2, 0.25) is 0 Å². The summed E-state index contributed by atoms with van der Waals surface area (Å²) < 4.78 is 26.6. The molecule has 1 aliphatic rings. The summed E-state index contributed by atoms with van der Waals surface area (Å²) in [5.41, 5.74) is -0.281. The second-order valence-electron chi connectivity index (χ2n) is 4.35. The van der Waals surface area contributed by atoms with E-state index in [2.05, 4.69) is 5.32 Å². The predicted molar refractivity (Wildman–Crippen MR) is 56.9 cm³/mol. The van der Waals surface area contributed by atoms with Gasteiger partial charge in [0.1, 0.15) is 11.6 Å². The molecule has 1 aliphatic carbocycles. The van der Waals surface area contributed by atoms with Gasteiger partial charge in [0.15, 0.2) is 0 Å². The lowest BCUT2D eigenvalue weighted by atomic mass is 9.77. The monoisotopic (exact) mass is 227 g/mol. The molecule has 1 saturated carbocycles. The fourth-order valence-corrected chi connectivity index (χ4v) is 1.97. The summed E-state index contributed by atoms with van der Waals surface area (Å²) in [7, 11) is 0. The molecule has 0 spiro atoms. The molecule has 0 atom stereocenters. The summed E-state index contributed by atoms with van der Waals surface area (Å²) in [6, 6.07) is 3.83. The van der Waals surface area contributed by atoms with Gasteiger partial charge in [-0.25, -0.2) is 8.78 Å². The fraction of sp³-hybridized carbons (Fsp3) is 0.500. The van der Waals surface area contributed by atoms with E-state index in [1.165, 1.54) is 18.2 Å². The number of aliphatic hydroxyl groups excluding tert-OH is 1. The van der Waals surface area contributed by atoms with E-state index in [-0.39, 0.29) is 24.3 Å². The molecule has 1 aromatic carbocycles. The molecule has 2 rings (SSSR count). The van der Waals surface area contributed by atoms with E-state index in [1.54, 1.807) is 0 Å². The summed E-state index contributed by atoms with van der Waals surface area (Å²) in [5.74, 6) is -1.08. The molecule has 2 N–H and O–H groups in total. The van der Waals surface area contributed by atoms with Crippen LogP contribution in [0.5, 0.6) is 0 Å². The maximum Gasteiger partial charge on any atom is 0.130 e. The van der Waals surface area contributed by atoms with Crippen LogP contribution in [-0.2, 0) is 6.54 Å². The molecule has 0 amide bonds. The van der Waals surface area contributed by atoms with Gasteiger partial charge in [0, 0.05) is 17.6 Å². The Morgan fingerprint density at radius 2 is 1.88 bits per heavy atom. The molecule has 0 aliphatic heterocycles. The van der Waals surface area contributed by atoms with Crippen LogP contribution in [0, 0.1) is 11.6 Å². The highest BCUT2D eigenvalue weighted by molar-refractivity contribution is 5.20. The average Bonchev–Trinajstić information content (AvgIpc) is 2.20. The molecule has 88 valence electrons. The molecule has 2 nitrogen and oxygen atoms in total. The van der Waals surface area contributed by atoms with Gasteiger partial charge in [0.25, 0.3) is 0 Å². The second-order valence-corrected chi connectivity index (χ2v) is 4.35. The third-order valence-corrected chi connectivity index (χ3v) is 3.32. The van der Waals surface area contributed by atoms with Crippen LogP contribution in [0.25, 0.3) is 0 Å². The highest BCUT2D eigenvalue weighted by Gasteiger charge is 2.35. The predicted octanol–water partition coefficient (Wildman–Crippen LogP) is 1.97. The van der Waals surface area contributed by atoms with E-state index in [0.717, 1.165) is 19.3 Å².